The molecule has 2 aliphatic rings. The van der Waals surface area contributed by atoms with E-state index in [1.165, 1.54) is 0 Å². The summed E-state index contributed by atoms with van der Waals surface area (Å²) in [4.78, 5) is 44.4. The van der Waals surface area contributed by atoms with E-state index in [-0.39, 0.29) is 30.6 Å². The van der Waals surface area contributed by atoms with E-state index in [2.05, 4.69) is 36.2 Å². The van der Waals surface area contributed by atoms with Gasteiger partial charge in [-0.1, -0.05) is 42.5 Å². The molecule has 0 saturated carbocycles. The number of fused-ring (bicyclic) bond motifs is 2. The Labute approximate surface area is 283 Å². The molecular formula is C39H48N2O7. The van der Waals surface area contributed by atoms with E-state index in [0.29, 0.717) is 38.4 Å². The fraction of sp³-hybridized carbons (Fsp3) is 0.487. The average molecular weight is 657 g/mol. The number of nitrogens with zero attached hydrogens (tertiary/aromatic N) is 2. The molecule has 5 rings (SSSR count). The molecule has 0 N–H and O–H groups in total. The number of ketones is 1. The third-order valence-corrected chi connectivity index (χ3v) is 8.89. The van der Waals surface area contributed by atoms with Gasteiger partial charge in [0.15, 0.2) is 0 Å². The zero-order valence-corrected chi connectivity index (χ0v) is 29.5. The van der Waals surface area contributed by atoms with Crippen LogP contribution in [0.15, 0.2) is 54.7 Å². The lowest BCUT2D eigenvalue weighted by atomic mass is 9.71. The molecule has 2 atom stereocenters. The number of benzene rings is 2. The standard InChI is InChI=1S/C39H48N2O7/c1-25-19-27(31-12-10-9-11-26(31)13-15-29(42)20-35(43)47-37(2,3)4)14-16-30(25)33-23-41(36(44)48-38(5,6)7)18-17-39(33)32-21-34(45-8)40-22-28(32)24-46-39/h9-12,14,16,19,21-22,33H,13,15,17-18,20,23-24H2,1-8H3/t33-,39+/m1/s1. The lowest BCUT2D eigenvalue weighted by Gasteiger charge is -2.46. The number of ether oxygens (including phenoxy) is 4. The van der Waals surface area contributed by atoms with Gasteiger partial charge in [0.05, 0.1) is 13.7 Å². The SMILES string of the molecule is COc1cc2c(cn1)CO[C@@]21CCN(C(=O)OC(C)(C)C)C[C@@H]1c1ccc(-c2ccccc2CCC(=O)CC(=O)OC(C)(C)C)cc1C. The molecule has 3 heterocycles. The first kappa shape index (κ1) is 35.1. The summed E-state index contributed by atoms with van der Waals surface area (Å²) in [6, 6.07) is 16.4. The zero-order chi connectivity index (χ0) is 34.9. The van der Waals surface area contributed by atoms with Crippen molar-refractivity contribution in [1.82, 2.24) is 9.88 Å². The lowest BCUT2D eigenvalue weighted by molar-refractivity contribution is -0.156. The lowest BCUT2D eigenvalue weighted by Crippen LogP contribution is -2.51. The quantitative estimate of drug-likeness (QED) is 0.182. The second-order valence-electron chi connectivity index (χ2n) is 14.8. The predicted molar refractivity (Wildman–Crippen MR) is 183 cm³/mol. The summed E-state index contributed by atoms with van der Waals surface area (Å²) in [7, 11) is 1.61. The molecule has 2 aromatic carbocycles. The monoisotopic (exact) mass is 656 g/mol. The molecule has 1 saturated heterocycles. The molecule has 48 heavy (non-hydrogen) atoms. The Morgan fingerprint density at radius 1 is 1.00 bits per heavy atom. The first-order valence-corrected chi connectivity index (χ1v) is 16.7. The molecule has 1 fully saturated rings. The summed E-state index contributed by atoms with van der Waals surface area (Å²) >= 11 is 0. The van der Waals surface area contributed by atoms with E-state index in [1.54, 1.807) is 32.8 Å². The van der Waals surface area contributed by atoms with E-state index in [4.69, 9.17) is 18.9 Å². The minimum Gasteiger partial charge on any atom is -0.481 e. The average Bonchev–Trinajstić information content (AvgIpc) is 3.36. The van der Waals surface area contributed by atoms with E-state index in [0.717, 1.165) is 38.9 Å². The van der Waals surface area contributed by atoms with Gasteiger partial charge in [-0.2, -0.15) is 0 Å². The number of rotatable bonds is 8. The number of esters is 1. The van der Waals surface area contributed by atoms with Gasteiger partial charge in [0.2, 0.25) is 5.88 Å². The van der Waals surface area contributed by atoms with Crippen molar-refractivity contribution in [3.8, 4) is 17.0 Å². The van der Waals surface area contributed by atoms with Crippen LogP contribution >= 0.6 is 0 Å². The van der Waals surface area contributed by atoms with Crippen molar-refractivity contribution < 1.29 is 33.3 Å². The number of pyridine rings is 1. The Bertz CT molecular complexity index is 1690. The normalized spacial score (nSPS) is 19.2. The van der Waals surface area contributed by atoms with Gasteiger partial charge in [-0.15, -0.1) is 0 Å². The third-order valence-electron chi connectivity index (χ3n) is 8.89. The fourth-order valence-electron chi connectivity index (χ4n) is 6.80. The Balaban J connectivity index is 1.44. The van der Waals surface area contributed by atoms with Crippen LogP contribution < -0.4 is 4.74 Å². The Morgan fingerprint density at radius 3 is 2.42 bits per heavy atom. The van der Waals surface area contributed by atoms with Crippen LogP contribution in [-0.4, -0.2) is 59.1 Å². The van der Waals surface area contributed by atoms with Gasteiger partial charge in [0, 0.05) is 43.3 Å². The van der Waals surface area contributed by atoms with E-state index in [9.17, 15) is 14.4 Å². The van der Waals surface area contributed by atoms with Crippen LogP contribution in [0.3, 0.4) is 0 Å². The molecular weight excluding hydrogens is 608 g/mol. The molecule has 0 bridgehead atoms. The van der Waals surface area contributed by atoms with E-state index >= 15 is 0 Å². The molecule has 256 valence electrons. The number of aromatic nitrogens is 1. The molecule has 9 heteroatoms. The first-order valence-electron chi connectivity index (χ1n) is 16.7. The highest BCUT2D eigenvalue weighted by atomic mass is 16.6. The maximum Gasteiger partial charge on any atom is 0.410 e. The van der Waals surface area contributed by atoms with Crippen molar-refractivity contribution in [2.45, 2.75) is 103 Å². The van der Waals surface area contributed by atoms with Gasteiger partial charge in [-0.05, 0) is 94.7 Å². The molecule has 3 aromatic rings. The molecule has 1 spiro atoms. The number of Topliss-reactive ketones (excluding diaryl/α,β-unsaturated/α-hetero) is 1. The van der Waals surface area contributed by atoms with E-state index in [1.807, 2.05) is 51.2 Å². The Morgan fingerprint density at radius 2 is 1.73 bits per heavy atom. The highest BCUT2D eigenvalue weighted by Crippen LogP contribution is 2.52. The number of aryl methyl sites for hydroxylation is 2. The summed E-state index contributed by atoms with van der Waals surface area (Å²) in [5.41, 5.74) is 5.41. The van der Waals surface area contributed by atoms with Gasteiger partial charge < -0.3 is 23.8 Å². The van der Waals surface area contributed by atoms with Crippen LogP contribution in [0, 0.1) is 6.92 Å². The Kier molecular flexibility index (Phi) is 10.0. The van der Waals surface area contributed by atoms with Gasteiger partial charge in [-0.3, -0.25) is 9.59 Å². The van der Waals surface area contributed by atoms with Crippen LogP contribution in [0.4, 0.5) is 4.79 Å². The molecule has 0 radical (unpaired) electrons. The highest BCUT2D eigenvalue weighted by molar-refractivity contribution is 5.95. The summed E-state index contributed by atoms with van der Waals surface area (Å²) in [6.07, 6.45) is 2.61. The largest absolute Gasteiger partial charge is 0.481 e. The van der Waals surface area contributed by atoms with Crippen molar-refractivity contribution in [3.05, 3.63) is 82.5 Å². The molecule has 9 nitrogen and oxygen atoms in total. The number of likely N-dealkylation sites (tertiary alicyclic amines) is 1. The van der Waals surface area contributed by atoms with Crippen LogP contribution in [0.2, 0.25) is 0 Å². The summed E-state index contributed by atoms with van der Waals surface area (Å²) < 4.78 is 23.3. The van der Waals surface area contributed by atoms with Crippen LogP contribution in [0.5, 0.6) is 5.88 Å². The van der Waals surface area contributed by atoms with Crippen molar-refractivity contribution in [1.29, 1.82) is 0 Å². The number of piperidine rings is 1. The summed E-state index contributed by atoms with van der Waals surface area (Å²) in [5, 5.41) is 0. The van der Waals surface area contributed by atoms with E-state index < -0.39 is 22.8 Å². The second kappa shape index (κ2) is 13.7. The van der Waals surface area contributed by atoms with Gasteiger partial charge in [0.1, 0.15) is 29.0 Å². The summed E-state index contributed by atoms with van der Waals surface area (Å²) in [5.74, 6) is -0.297. The minimum atomic E-state index is -0.664. The Hall–Kier alpha value is -4.24. The van der Waals surface area contributed by atoms with Crippen LogP contribution in [0.25, 0.3) is 11.1 Å². The summed E-state index contributed by atoms with van der Waals surface area (Å²) in [6.45, 7) is 14.4. The van der Waals surface area contributed by atoms with Gasteiger partial charge in [0.25, 0.3) is 0 Å². The van der Waals surface area contributed by atoms with Gasteiger partial charge >= 0.3 is 12.1 Å². The third kappa shape index (κ3) is 7.89. The molecule has 0 aliphatic carbocycles. The zero-order valence-electron chi connectivity index (χ0n) is 29.5. The number of hydrogen-bond acceptors (Lipinski definition) is 8. The second-order valence-corrected chi connectivity index (χ2v) is 14.8. The maximum atomic E-state index is 13.3. The smallest absolute Gasteiger partial charge is 0.410 e. The highest BCUT2D eigenvalue weighted by Gasteiger charge is 2.52. The van der Waals surface area contributed by atoms with Crippen molar-refractivity contribution in [2.24, 2.45) is 0 Å². The van der Waals surface area contributed by atoms with Crippen LogP contribution in [0.1, 0.15) is 94.5 Å². The molecule has 1 amide bonds. The number of amides is 1. The van der Waals surface area contributed by atoms with Crippen LogP contribution in [-0.2, 0) is 42.4 Å². The first-order chi connectivity index (χ1) is 22.6. The van der Waals surface area contributed by atoms with Gasteiger partial charge in [-0.25, -0.2) is 9.78 Å². The molecule has 2 aliphatic heterocycles. The number of carbonyl (C=O) groups is 3. The molecule has 0 unspecified atom stereocenters. The van der Waals surface area contributed by atoms with Crippen molar-refractivity contribution in [3.63, 3.8) is 0 Å². The minimum absolute atomic E-state index is 0.147. The van der Waals surface area contributed by atoms with Crippen molar-refractivity contribution in [2.75, 3.05) is 20.2 Å². The van der Waals surface area contributed by atoms with Crippen molar-refractivity contribution >= 4 is 17.8 Å². The maximum absolute atomic E-state index is 13.3. The topological polar surface area (TPSA) is 104 Å². The number of carbonyl (C=O) groups excluding carboxylic acids is 3. The molecule has 1 aromatic heterocycles. The fourth-order valence-corrected chi connectivity index (χ4v) is 6.80. The predicted octanol–water partition coefficient (Wildman–Crippen LogP) is 7.45. The number of methoxy groups -OCH3 is 1. The number of hydrogen-bond donors (Lipinski definition) is 0.